The zero-order chi connectivity index (χ0) is 15.0. The summed E-state index contributed by atoms with van der Waals surface area (Å²) in [6, 6.07) is 6.45. The van der Waals surface area contributed by atoms with Crippen molar-refractivity contribution in [2.24, 2.45) is 11.3 Å². The molecule has 0 bridgehead atoms. The van der Waals surface area contributed by atoms with Crippen molar-refractivity contribution in [2.45, 2.75) is 46.1 Å². The zero-order valence-electron chi connectivity index (χ0n) is 12.8. The van der Waals surface area contributed by atoms with E-state index in [2.05, 4.69) is 37.0 Å². The average molecular weight is 283 g/mol. The monoisotopic (exact) mass is 283 g/mol. The Morgan fingerprint density at radius 2 is 2.24 bits per heavy atom. The Morgan fingerprint density at radius 1 is 1.43 bits per heavy atom. The number of nitriles is 1. The van der Waals surface area contributed by atoms with Gasteiger partial charge in [-0.3, -0.25) is 5.10 Å². The van der Waals surface area contributed by atoms with Gasteiger partial charge in [-0.05, 0) is 37.3 Å². The molecule has 1 N–H and O–H groups in total. The third-order valence-corrected chi connectivity index (χ3v) is 4.85. The van der Waals surface area contributed by atoms with Gasteiger partial charge < -0.3 is 4.74 Å². The lowest BCUT2D eigenvalue weighted by atomic mass is 9.68. The first-order valence-corrected chi connectivity index (χ1v) is 7.50. The summed E-state index contributed by atoms with van der Waals surface area (Å²) in [6.45, 7) is 6.42. The van der Waals surface area contributed by atoms with Gasteiger partial charge in [0.05, 0.1) is 23.7 Å². The fraction of sp³-hybridized carbons (Fsp3) is 0.529. The second-order valence-electron chi connectivity index (χ2n) is 6.70. The van der Waals surface area contributed by atoms with E-state index in [9.17, 15) is 5.26 Å². The molecule has 110 valence electrons. The third-order valence-electron chi connectivity index (χ3n) is 4.85. The summed E-state index contributed by atoms with van der Waals surface area (Å²) in [5.74, 6) is 0.972. The number of ether oxygens (including phenoxy) is 1. The predicted molar refractivity (Wildman–Crippen MR) is 82.0 cm³/mol. The summed E-state index contributed by atoms with van der Waals surface area (Å²) in [6.07, 6.45) is 4.81. The summed E-state index contributed by atoms with van der Waals surface area (Å²) in [5.41, 5.74) is 2.23. The van der Waals surface area contributed by atoms with Crippen LogP contribution in [0.15, 0.2) is 18.3 Å². The standard InChI is InChI=1S/C17H21N3O/c1-11-14-10-19-20-15(14)4-5-16(11)21-13-6-7-17(2,3)12(8-13)9-18/h4-5,10,12-13H,6-8H2,1-3H3,(H,19,20)/t12-,13-/m1/s1. The molecule has 2 aromatic rings. The van der Waals surface area contributed by atoms with Crippen molar-refractivity contribution in [3.8, 4) is 11.8 Å². The van der Waals surface area contributed by atoms with Crippen LogP contribution in [-0.4, -0.2) is 16.3 Å². The normalized spacial score (nSPS) is 24.7. The number of fused-ring (bicyclic) bond motifs is 1. The fourth-order valence-electron chi connectivity index (χ4n) is 3.19. The molecular weight excluding hydrogens is 262 g/mol. The maximum absolute atomic E-state index is 9.36. The van der Waals surface area contributed by atoms with Crippen molar-refractivity contribution in [3.05, 3.63) is 23.9 Å². The van der Waals surface area contributed by atoms with E-state index in [0.29, 0.717) is 0 Å². The van der Waals surface area contributed by atoms with Crippen LogP contribution in [0, 0.1) is 29.6 Å². The Bertz CT molecular complexity index is 696. The highest BCUT2D eigenvalue weighted by Crippen LogP contribution is 2.41. The number of benzene rings is 1. The van der Waals surface area contributed by atoms with Gasteiger partial charge in [-0.1, -0.05) is 13.8 Å². The molecule has 0 spiro atoms. The van der Waals surface area contributed by atoms with Crippen LogP contribution >= 0.6 is 0 Å². The SMILES string of the molecule is Cc1c(O[C@@H]2CCC(C)(C)[C@@H](C#N)C2)ccc2[nH]ncc12. The van der Waals surface area contributed by atoms with E-state index in [-0.39, 0.29) is 17.4 Å². The molecule has 0 aliphatic heterocycles. The number of nitrogens with one attached hydrogen (secondary N) is 1. The summed E-state index contributed by atoms with van der Waals surface area (Å²) in [7, 11) is 0. The molecule has 1 heterocycles. The highest BCUT2D eigenvalue weighted by Gasteiger charge is 2.37. The Labute approximate surface area is 125 Å². The van der Waals surface area contributed by atoms with E-state index in [1.807, 2.05) is 18.3 Å². The van der Waals surface area contributed by atoms with Gasteiger partial charge in [-0.25, -0.2) is 0 Å². The second kappa shape index (κ2) is 5.07. The number of nitrogens with zero attached hydrogens (tertiary/aromatic N) is 2. The highest BCUT2D eigenvalue weighted by molar-refractivity contribution is 5.83. The van der Waals surface area contributed by atoms with Gasteiger partial charge in [0.25, 0.3) is 0 Å². The first-order valence-electron chi connectivity index (χ1n) is 7.50. The van der Waals surface area contributed by atoms with Crippen molar-refractivity contribution in [2.75, 3.05) is 0 Å². The van der Waals surface area contributed by atoms with Crippen LogP contribution in [0.2, 0.25) is 0 Å². The minimum absolute atomic E-state index is 0.0641. The third kappa shape index (κ3) is 2.49. The van der Waals surface area contributed by atoms with Crippen LogP contribution < -0.4 is 4.74 Å². The van der Waals surface area contributed by atoms with Crippen molar-refractivity contribution in [1.29, 1.82) is 5.26 Å². The smallest absolute Gasteiger partial charge is 0.123 e. The largest absolute Gasteiger partial charge is 0.490 e. The van der Waals surface area contributed by atoms with Gasteiger partial charge in [0.2, 0.25) is 0 Å². The molecule has 3 rings (SSSR count). The highest BCUT2D eigenvalue weighted by atomic mass is 16.5. The fourth-order valence-corrected chi connectivity index (χ4v) is 3.19. The Kier molecular flexibility index (Phi) is 3.36. The Morgan fingerprint density at radius 3 is 3.00 bits per heavy atom. The van der Waals surface area contributed by atoms with Crippen LogP contribution in [0.25, 0.3) is 10.9 Å². The summed E-state index contributed by atoms with van der Waals surface area (Å²) in [4.78, 5) is 0. The molecule has 21 heavy (non-hydrogen) atoms. The first kappa shape index (κ1) is 13.9. The van der Waals surface area contributed by atoms with Gasteiger partial charge in [-0.15, -0.1) is 0 Å². The minimum atomic E-state index is 0.0641. The maximum atomic E-state index is 9.36. The molecule has 0 amide bonds. The van der Waals surface area contributed by atoms with Crippen LogP contribution in [0.5, 0.6) is 5.75 Å². The Hall–Kier alpha value is -2.02. The molecule has 1 aliphatic rings. The van der Waals surface area contributed by atoms with Gasteiger partial charge in [0.1, 0.15) is 11.9 Å². The lowest BCUT2D eigenvalue weighted by Gasteiger charge is -2.38. The molecule has 1 aromatic heterocycles. The molecule has 1 aromatic carbocycles. The average Bonchev–Trinajstić information content (AvgIpc) is 2.93. The van der Waals surface area contributed by atoms with Gasteiger partial charge in [-0.2, -0.15) is 10.4 Å². The van der Waals surface area contributed by atoms with Crippen LogP contribution in [0.1, 0.15) is 38.7 Å². The number of aromatic nitrogens is 2. The van der Waals surface area contributed by atoms with E-state index in [4.69, 9.17) is 4.74 Å². The van der Waals surface area contributed by atoms with Crippen molar-refractivity contribution < 1.29 is 4.74 Å². The molecule has 4 heteroatoms. The molecule has 2 atom stereocenters. The molecule has 0 unspecified atom stereocenters. The second-order valence-corrected chi connectivity index (χ2v) is 6.70. The number of rotatable bonds is 2. The minimum Gasteiger partial charge on any atom is -0.490 e. The van der Waals surface area contributed by atoms with E-state index in [1.165, 1.54) is 0 Å². The van der Waals surface area contributed by atoms with Crippen molar-refractivity contribution in [3.63, 3.8) is 0 Å². The van der Waals surface area contributed by atoms with Crippen LogP contribution in [0.4, 0.5) is 0 Å². The number of hydrogen-bond donors (Lipinski definition) is 1. The van der Waals surface area contributed by atoms with Crippen molar-refractivity contribution in [1.82, 2.24) is 10.2 Å². The molecule has 1 aliphatic carbocycles. The van der Waals surface area contributed by atoms with Crippen molar-refractivity contribution >= 4 is 10.9 Å². The Balaban J connectivity index is 1.80. The molecule has 0 radical (unpaired) electrons. The van der Waals surface area contributed by atoms with E-state index in [1.54, 1.807) is 0 Å². The van der Waals surface area contributed by atoms with E-state index in [0.717, 1.165) is 41.5 Å². The number of hydrogen-bond acceptors (Lipinski definition) is 3. The number of aromatic amines is 1. The van der Waals surface area contributed by atoms with Gasteiger partial charge in [0.15, 0.2) is 0 Å². The lowest BCUT2D eigenvalue weighted by Crippen LogP contribution is -2.36. The van der Waals surface area contributed by atoms with Crippen LogP contribution in [0.3, 0.4) is 0 Å². The molecule has 1 fully saturated rings. The van der Waals surface area contributed by atoms with Gasteiger partial charge >= 0.3 is 0 Å². The molecule has 0 saturated heterocycles. The summed E-state index contributed by atoms with van der Waals surface area (Å²) < 4.78 is 6.20. The topological polar surface area (TPSA) is 61.7 Å². The van der Waals surface area contributed by atoms with E-state index >= 15 is 0 Å². The summed E-state index contributed by atoms with van der Waals surface area (Å²) >= 11 is 0. The first-order chi connectivity index (χ1) is 10.0. The summed E-state index contributed by atoms with van der Waals surface area (Å²) in [5, 5.41) is 17.5. The quantitative estimate of drug-likeness (QED) is 0.907. The van der Waals surface area contributed by atoms with Crippen LogP contribution in [-0.2, 0) is 0 Å². The maximum Gasteiger partial charge on any atom is 0.123 e. The molecule has 1 saturated carbocycles. The molecular formula is C17H21N3O. The van der Waals surface area contributed by atoms with E-state index < -0.39 is 0 Å². The lowest BCUT2D eigenvalue weighted by molar-refractivity contribution is 0.0672. The van der Waals surface area contributed by atoms with Gasteiger partial charge in [0, 0.05) is 17.4 Å². The predicted octanol–water partition coefficient (Wildman–Crippen LogP) is 3.97. The molecule has 4 nitrogen and oxygen atoms in total. The zero-order valence-corrected chi connectivity index (χ0v) is 12.8. The number of aryl methyl sites for hydroxylation is 1. The number of H-pyrrole nitrogens is 1.